The van der Waals surface area contributed by atoms with Crippen LogP contribution in [0.5, 0.6) is 0 Å². The number of aromatic nitrogens is 3. The second-order valence-electron chi connectivity index (χ2n) is 5.71. The third-order valence-electron chi connectivity index (χ3n) is 4.60. The maximum absolute atomic E-state index is 5.48. The van der Waals surface area contributed by atoms with Gasteiger partial charge in [-0.3, -0.25) is 9.67 Å². The molecule has 0 bridgehead atoms. The molecule has 2 aromatic rings. The third kappa shape index (κ3) is 2.06. The number of thiophene rings is 1. The van der Waals surface area contributed by atoms with Crippen LogP contribution in [0.1, 0.15) is 31.7 Å². The summed E-state index contributed by atoms with van der Waals surface area (Å²) in [5, 5.41) is 9.55. The van der Waals surface area contributed by atoms with Crippen LogP contribution in [-0.4, -0.2) is 38.8 Å². The summed E-state index contributed by atoms with van der Waals surface area (Å²) >= 11 is 7.21. The third-order valence-corrected chi connectivity index (χ3v) is 5.76. The monoisotopic (exact) mass is 306 g/mol. The first-order valence-electron chi connectivity index (χ1n) is 7.28. The van der Waals surface area contributed by atoms with Crippen molar-refractivity contribution in [1.82, 2.24) is 19.7 Å². The van der Waals surface area contributed by atoms with Crippen LogP contribution in [0, 0.1) is 4.77 Å². The van der Waals surface area contributed by atoms with E-state index in [1.165, 1.54) is 43.6 Å². The van der Waals surface area contributed by atoms with Crippen LogP contribution >= 0.6 is 23.6 Å². The Balaban J connectivity index is 1.68. The van der Waals surface area contributed by atoms with Gasteiger partial charge in [-0.2, -0.15) is 5.10 Å². The number of nitrogens with one attached hydrogen (secondary N) is 1. The number of fused-ring (bicyclic) bond motifs is 1. The molecule has 6 heteroatoms. The van der Waals surface area contributed by atoms with Gasteiger partial charge in [-0.15, -0.1) is 11.3 Å². The van der Waals surface area contributed by atoms with E-state index in [1.807, 2.05) is 0 Å². The lowest BCUT2D eigenvalue weighted by Gasteiger charge is -2.35. The molecule has 2 atom stereocenters. The van der Waals surface area contributed by atoms with Crippen molar-refractivity contribution in [2.24, 2.45) is 0 Å². The van der Waals surface area contributed by atoms with Crippen molar-refractivity contribution in [3.63, 3.8) is 0 Å². The van der Waals surface area contributed by atoms with Gasteiger partial charge in [0.05, 0.1) is 4.88 Å². The van der Waals surface area contributed by atoms with Gasteiger partial charge in [0.1, 0.15) is 0 Å². The highest BCUT2D eigenvalue weighted by Crippen LogP contribution is 2.36. The number of aromatic amines is 1. The molecule has 1 N–H and O–H groups in total. The highest BCUT2D eigenvalue weighted by Gasteiger charge is 2.33. The highest BCUT2D eigenvalue weighted by molar-refractivity contribution is 7.71. The molecule has 0 aliphatic carbocycles. The van der Waals surface area contributed by atoms with Gasteiger partial charge in [0, 0.05) is 18.6 Å². The molecule has 4 rings (SSSR count). The van der Waals surface area contributed by atoms with Crippen LogP contribution in [-0.2, 0) is 0 Å². The molecule has 4 heterocycles. The van der Waals surface area contributed by atoms with Gasteiger partial charge >= 0.3 is 0 Å². The molecule has 0 aromatic carbocycles. The number of nitrogens with zero attached hydrogens (tertiary/aromatic N) is 3. The lowest BCUT2D eigenvalue weighted by Crippen LogP contribution is -2.38. The Morgan fingerprint density at radius 3 is 3.10 bits per heavy atom. The van der Waals surface area contributed by atoms with Crippen molar-refractivity contribution >= 4 is 23.6 Å². The van der Waals surface area contributed by atoms with Gasteiger partial charge in [0.15, 0.2) is 10.6 Å². The number of piperidine rings is 1. The van der Waals surface area contributed by atoms with E-state index in [4.69, 9.17) is 12.2 Å². The number of H-pyrrole nitrogens is 1. The Hall–Kier alpha value is -0.980. The Bertz CT molecular complexity index is 642. The molecule has 0 spiro atoms. The zero-order chi connectivity index (χ0) is 13.5. The molecule has 0 saturated carbocycles. The fourth-order valence-electron chi connectivity index (χ4n) is 3.66. The Labute approximate surface area is 127 Å². The average molecular weight is 306 g/mol. The minimum Gasteiger partial charge on any atom is -0.300 e. The Kier molecular flexibility index (Phi) is 3.24. The van der Waals surface area contributed by atoms with Crippen molar-refractivity contribution in [2.75, 3.05) is 13.1 Å². The molecule has 106 valence electrons. The molecule has 0 amide bonds. The smallest absolute Gasteiger partial charge is 0.195 e. The molecule has 0 radical (unpaired) electrons. The first-order valence-corrected chi connectivity index (χ1v) is 8.56. The second-order valence-corrected chi connectivity index (χ2v) is 7.04. The fraction of sp³-hybridized carbons (Fsp3) is 0.571. The van der Waals surface area contributed by atoms with E-state index in [2.05, 4.69) is 37.2 Å². The Morgan fingerprint density at radius 1 is 1.30 bits per heavy atom. The summed E-state index contributed by atoms with van der Waals surface area (Å²) in [7, 11) is 0. The second kappa shape index (κ2) is 5.09. The van der Waals surface area contributed by atoms with Gasteiger partial charge in [-0.05, 0) is 55.9 Å². The molecule has 2 aromatic heterocycles. The average Bonchev–Trinajstić information content (AvgIpc) is 3.17. The summed E-state index contributed by atoms with van der Waals surface area (Å²) in [5.74, 6) is 1.02. The standard InChI is InChI=1S/C14H18N4S2/c19-14-16-15-13(12-4-2-8-20-12)18(14)11-5-7-17-6-1-3-10(17)9-11/h2,4,8,10-11H,1,3,5-7,9H2,(H,16,19). The summed E-state index contributed by atoms with van der Waals surface area (Å²) in [5.41, 5.74) is 0. The Morgan fingerprint density at radius 2 is 2.25 bits per heavy atom. The van der Waals surface area contributed by atoms with E-state index in [1.54, 1.807) is 11.3 Å². The first kappa shape index (κ1) is 12.7. The predicted octanol–water partition coefficient (Wildman–Crippen LogP) is 3.47. The van der Waals surface area contributed by atoms with Crippen molar-refractivity contribution in [2.45, 2.75) is 37.8 Å². The van der Waals surface area contributed by atoms with Crippen molar-refractivity contribution in [3.8, 4) is 10.7 Å². The minimum atomic E-state index is 0.498. The van der Waals surface area contributed by atoms with Crippen molar-refractivity contribution < 1.29 is 0 Å². The fourth-order valence-corrected chi connectivity index (χ4v) is 4.65. The van der Waals surface area contributed by atoms with Crippen LogP contribution in [0.15, 0.2) is 17.5 Å². The first-order chi connectivity index (χ1) is 9.83. The van der Waals surface area contributed by atoms with Crippen LogP contribution in [0.3, 0.4) is 0 Å². The predicted molar refractivity (Wildman–Crippen MR) is 83.6 cm³/mol. The maximum atomic E-state index is 5.48. The van der Waals surface area contributed by atoms with E-state index in [0.29, 0.717) is 6.04 Å². The van der Waals surface area contributed by atoms with E-state index >= 15 is 0 Å². The minimum absolute atomic E-state index is 0.498. The van der Waals surface area contributed by atoms with Gasteiger partial charge in [-0.1, -0.05) is 6.07 Å². The van der Waals surface area contributed by atoms with Crippen LogP contribution in [0.25, 0.3) is 10.7 Å². The van der Waals surface area contributed by atoms with E-state index < -0.39 is 0 Å². The van der Waals surface area contributed by atoms with E-state index in [-0.39, 0.29) is 0 Å². The summed E-state index contributed by atoms with van der Waals surface area (Å²) in [6.45, 7) is 2.48. The largest absolute Gasteiger partial charge is 0.300 e. The van der Waals surface area contributed by atoms with Crippen LogP contribution < -0.4 is 0 Å². The summed E-state index contributed by atoms with van der Waals surface area (Å²) in [6, 6.07) is 5.44. The number of rotatable bonds is 2. The lowest BCUT2D eigenvalue weighted by atomic mass is 9.97. The summed E-state index contributed by atoms with van der Waals surface area (Å²) in [4.78, 5) is 3.84. The zero-order valence-corrected chi connectivity index (χ0v) is 12.9. The molecule has 2 saturated heterocycles. The van der Waals surface area contributed by atoms with Crippen molar-refractivity contribution in [1.29, 1.82) is 0 Å². The molecule has 2 unspecified atom stereocenters. The van der Waals surface area contributed by atoms with E-state index in [0.717, 1.165) is 16.6 Å². The molecule has 20 heavy (non-hydrogen) atoms. The highest BCUT2D eigenvalue weighted by atomic mass is 32.1. The normalized spacial score (nSPS) is 26.8. The van der Waals surface area contributed by atoms with Gasteiger partial charge in [0.2, 0.25) is 0 Å². The molecule has 4 nitrogen and oxygen atoms in total. The lowest BCUT2D eigenvalue weighted by molar-refractivity contribution is 0.155. The number of hydrogen-bond acceptors (Lipinski definition) is 4. The topological polar surface area (TPSA) is 36.9 Å². The van der Waals surface area contributed by atoms with Crippen molar-refractivity contribution in [3.05, 3.63) is 22.3 Å². The number of hydrogen-bond donors (Lipinski definition) is 1. The van der Waals surface area contributed by atoms with E-state index in [9.17, 15) is 0 Å². The molecule has 2 aliphatic rings. The zero-order valence-electron chi connectivity index (χ0n) is 11.3. The summed E-state index contributed by atoms with van der Waals surface area (Å²) < 4.78 is 3.03. The van der Waals surface area contributed by atoms with Crippen LogP contribution in [0.2, 0.25) is 0 Å². The molecular weight excluding hydrogens is 288 g/mol. The molecular formula is C14H18N4S2. The maximum Gasteiger partial charge on any atom is 0.195 e. The van der Waals surface area contributed by atoms with Crippen LogP contribution in [0.4, 0.5) is 0 Å². The summed E-state index contributed by atoms with van der Waals surface area (Å²) in [6.07, 6.45) is 5.09. The van der Waals surface area contributed by atoms with Gasteiger partial charge in [-0.25, -0.2) is 0 Å². The molecule has 2 fully saturated rings. The SMILES string of the molecule is S=c1[nH]nc(-c2cccs2)n1C1CCN2CCCC2C1. The van der Waals surface area contributed by atoms with Gasteiger partial charge in [0.25, 0.3) is 0 Å². The van der Waals surface area contributed by atoms with Gasteiger partial charge < -0.3 is 4.90 Å². The molecule has 2 aliphatic heterocycles. The quantitative estimate of drug-likeness (QED) is 0.863.